The van der Waals surface area contributed by atoms with E-state index >= 15 is 0 Å². The van der Waals surface area contributed by atoms with E-state index in [1.165, 1.54) is 0 Å². The second-order valence-corrected chi connectivity index (χ2v) is 3.26. The van der Waals surface area contributed by atoms with Crippen LogP contribution in [0.5, 0.6) is 0 Å². The average Bonchev–Trinajstić information content (AvgIpc) is 2.15. The van der Waals surface area contributed by atoms with E-state index in [4.69, 9.17) is 5.73 Å². The first kappa shape index (κ1) is 12.4. The molecule has 0 radical (unpaired) electrons. The smallest absolute Gasteiger partial charge is 0.226 e. The van der Waals surface area contributed by atoms with Crippen molar-refractivity contribution in [1.29, 1.82) is 0 Å². The Morgan fingerprint density at radius 3 is 2.31 bits per heavy atom. The second-order valence-electron chi connectivity index (χ2n) is 3.26. The molecule has 0 heterocycles. The maximum absolute atomic E-state index is 11.8. The molecule has 0 aromatic rings. The summed E-state index contributed by atoms with van der Waals surface area (Å²) in [5.41, 5.74) is 5.53. The Hall–Kier alpha value is -0.570. The summed E-state index contributed by atoms with van der Waals surface area (Å²) in [5.74, 6) is 0.237. The van der Waals surface area contributed by atoms with Crippen LogP contribution in [0.25, 0.3) is 0 Å². The summed E-state index contributed by atoms with van der Waals surface area (Å²) in [6.07, 6.45) is 1.86. The molecule has 3 heteroatoms. The van der Waals surface area contributed by atoms with E-state index in [9.17, 15) is 4.79 Å². The van der Waals surface area contributed by atoms with Crippen LogP contribution in [-0.2, 0) is 4.79 Å². The zero-order valence-corrected chi connectivity index (χ0v) is 9.05. The summed E-state index contributed by atoms with van der Waals surface area (Å²) in [4.78, 5) is 13.7. The van der Waals surface area contributed by atoms with Crippen molar-refractivity contribution in [2.45, 2.75) is 33.6 Å². The number of carbonyl (C=O) groups excluding carboxylic acids is 1. The fraction of sp³-hybridized carbons (Fsp3) is 0.900. The van der Waals surface area contributed by atoms with Crippen LogP contribution in [0.2, 0.25) is 0 Å². The Balaban J connectivity index is 4.16. The van der Waals surface area contributed by atoms with Crippen molar-refractivity contribution in [3.8, 4) is 0 Å². The highest BCUT2D eigenvalue weighted by Crippen LogP contribution is 2.06. The minimum absolute atomic E-state index is 0.0199. The molecule has 1 amide bonds. The number of amides is 1. The lowest BCUT2D eigenvalue weighted by molar-refractivity contribution is -0.135. The Morgan fingerprint density at radius 1 is 1.38 bits per heavy atom. The Labute approximate surface area is 81.3 Å². The van der Waals surface area contributed by atoms with Crippen LogP contribution in [0.3, 0.4) is 0 Å². The van der Waals surface area contributed by atoms with Crippen LogP contribution >= 0.6 is 0 Å². The molecule has 0 saturated carbocycles. The zero-order valence-electron chi connectivity index (χ0n) is 9.05. The van der Waals surface area contributed by atoms with Crippen molar-refractivity contribution in [3.05, 3.63) is 0 Å². The van der Waals surface area contributed by atoms with Crippen LogP contribution < -0.4 is 5.73 Å². The third kappa shape index (κ3) is 3.77. The molecule has 0 aliphatic carbocycles. The van der Waals surface area contributed by atoms with Crippen LogP contribution in [0, 0.1) is 5.92 Å². The van der Waals surface area contributed by atoms with Crippen molar-refractivity contribution in [1.82, 2.24) is 4.90 Å². The largest absolute Gasteiger partial charge is 0.343 e. The van der Waals surface area contributed by atoms with Gasteiger partial charge in [-0.05, 0) is 19.8 Å². The molecule has 0 rings (SSSR count). The van der Waals surface area contributed by atoms with Crippen molar-refractivity contribution in [2.24, 2.45) is 11.7 Å². The Bertz CT molecular complexity index is 144. The lowest BCUT2D eigenvalue weighted by Crippen LogP contribution is -2.39. The lowest BCUT2D eigenvalue weighted by Gasteiger charge is -2.24. The first-order valence-electron chi connectivity index (χ1n) is 5.19. The van der Waals surface area contributed by atoms with Crippen molar-refractivity contribution in [3.63, 3.8) is 0 Å². The first-order valence-corrected chi connectivity index (χ1v) is 5.19. The van der Waals surface area contributed by atoms with Crippen molar-refractivity contribution in [2.75, 3.05) is 19.6 Å². The third-order valence-electron chi connectivity index (χ3n) is 2.31. The summed E-state index contributed by atoms with van der Waals surface area (Å²) < 4.78 is 0. The van der Waals surface area contributed by atoms with Gasteiger partial charge in [-0.25, -0.2) is 0 Å². The number of rotatable bonds is 6. The summed E-state index contributed by atoms with van der Waals surface area (Å²) in [6.45, 7) is 8.22. The van der Waals surface area contributed by atoms with Gasteiger partial charge in [0.25, 0.3) is 0 Å². The van der Waals surface area contributed by atoms with Gasteiger partial charge in [0, 0.05) is 19.6 Å². The standard InChI is InChI=1S/C10H22N2O/c1-4-7-12(6-3)10(13)9(5-2)8-11/h9H,4-8,11H2,1-3H3. The van der Waals surface area contributed by atoms with Crippen LogP contribution in [0.1, 0.15) is 33.6 Å². The average molecular weight is 186 g/mol. The van der Waals surface area contributed by atoms with Crippen LogP contribution in [0.4, 0.5) is 0 Å². The molecule has 0 aliphatic heterocycles. The van der Waals surface area contributed by atoms with Crippen LogP contribution in [-0.4, -0.2) is 30.4 Å². The molecule has 78 valence electrons. The maximum atomic E-state index is 11.8. The molecule has 0 aliphatic rings. The van der Waals surface area contributed by atoms with E-state index in [2.05, 4.69) is 6.92 Å². The fourth-order valence-electron chi connectivity index (χ4n) is 1.39. The van der Waals surface area contributed by atoms with E-state index in [1.807, 2.05) is 18.7 Å². The predicted molar refractivity (Wildman–Crippen MR) is 55.4 cm³/mol. The van der Waals surface area contributed by atoms with Gasteiger partial charge in [-0.1, -0.05) is 13.8 Å². The highest BCUT2D eigenvalue weighted by atomic mass is 16.2. The van der Waals surface area contributed by atoms with Gasteiger partial charge in [0.1, 0.15) is 0 Å². The van der Waals surface area contributed by atoms with Crippen LogP contribution in [0.15, 0.2) is 0 Å². The zero-order chi connectivity index (χ0) is 10.3. The predicted octanol–water partition coefficient (Wildman–Crippen LogP) is 1.23. The minimum atomic E-state index is 0.0199. The molecule has 0 bridgehead atoms. The quantitative estimate of drug-likeness (QED) is 0.678. The van der Waals surface area contributed by atoms with Crippen molar-refractivity contribution >= 4 is 5.91 Å². The number of hydrogen-bond donors (Lipinski definition) is 1. The van der Waals surface area contributed by atoms with Gasteiger partial charge in [0.05, 0.1) is 5.92 Å². The first-order chi connectivity index (χ1) is 6.21. The van der Waals surface area contributed by atoms with E-state index < -0.39 is 0 Å². The molecule has 13 heavy (non-hydrogen) atoms. The van der Waals surface area contributed by atoms with E-state index in [1.54, 1.807) is 0 Å². The molecule has 1 unspecified atom stereocenters. The summed E-state index contributed by atoms with van der Waals surface area (Å²) in [5, 5.41) is 0. The maximum Gasteiger partial charge on any atom is 0.226 e. The van der Waals surface area contributed by atoms with Gasteiger partial charge in [-0.15, -0.1) is 0 Å². The Kier molecular flexibility index (Phi) is 6.59. The normalized spacial score (nSPS) is 12.6. The summed E-state index contributed by atoms with van der Waals surface area (Å²) in [7, 11) is 0. The van der Waals surface area contributed by atoms with E-state index in [0.717, 1.165) is 25.9 Å². The van der Waals surface area contributed by atoms with Gasteiger partial charge in [0.15, 0.2) is 0 Å². The van der Waals surface area contributed by atoms with Gasteiger partial charge >= 0.3 is 0 Å². The lowest BCUT2D eigenvalue weighted by atomic mass is 10.1. The summed E-state index contributed by atoms with van der Waals surface area (Å²) >= 11 is 0. The Morgan fingerprint density at radius 2 is 2.00 bits per heavy atom. The molecular weight excluding hydrogens is 164 g/mol. The molecule has 0 spiro atoms. The molecule has 1 atom stereocenters. The fourth-order valence-corrected chi connectivity index (χ4v) is 1.39. The molecule has 0 aromatic carbocycles. The highest BCUT2D eigenvalue weighted by Gasteiger charge is 2.19. The number of hydrogen-bond acceptors (Lipinski definition) is 2. The minimum Gasteiger partial charge on any atom is -0.343 e. The topological polar surface area (TPSA) is 46.3 Å². The molecule has 3 nitrogen and oxygen atoms in total. The van der Waals surface area contributed by atoms with Gasteiger partial charge in [-0.2, -0.15) is 0 Å². The van der Waals surface area contributed by atoms with Gasteiger partial charge in [0.2, 0.25) is 5.91 Å². The van der Waals surface area contributed by atoms with Gasteiger partial charge in [-0.3, -0.25) is 4.79 Å². The highest BCUT2D eigenvalue weighted by molar-refractivity contribution is 5.78. The number of carbonyl (C=O) groups is 1. The third-order valence-corrected chi connectivity index (χ3v) is 2.31. The van der Waals surface area contributed by atoms with E-state index in [0.29, 0.717) is 6.54 Å². The molecule has 0 fully saturated rings. The monoisotopic (exact) mass is 186 g/mol. The summed E-state index contributed by atoms with van der Waals surface area (Å²) in [6, 6.07) is 0. The number of nitrogens with zero attached hydrogens (tertiary/aromatic N) is 1. The molecular formula is C10H22N2O. The van der Waals surface area contributed by atoms with Crippen molar-refractivity contribution < 1.29 is 4.79 Å². The number of nitrogens with two attached hydrogens (primary N) is 1. The van der Waals surface area contributed by atoms with E-state index in [-0.39, 0.29) is 11.8 Å². The van der Waals surface area contributed by atoms with Gasteiger partial charge < -0.3 is 10.6 Å². The second kappa shape index (κ2) is 6.89. The SMILES string of the molecule is CCCN(CC)C(=O)C(CC)CN. The molecule has 0 saturated heterocycles. The molecule has 2 N–H and O–H groups in total. The molecule has 0 aromatic heterocycles.